The molecule has 0 aliphatic rings. The molecule has 15 heavy (non-hydrogen) atoms. The van der Waals surface area contributed by atoms with Gasteiger partial charge in [0.1, 0.15) is 0 Å². The van der Waals surface area contributed by atoms with E-state index < -0.39 is 0 Å². The van der Waals surface area contributed by atoms with Crippen LogP contribution in [0, 0.1) is 0 Å². The predicted molar refractivity (Wildman–Crippen MR) is 61.2 cm³/mol. The zero-order valence-corrected chi connectivity index (χ0v) is 8.77. The molecule has 0 aliphatic carbocycles. The third-order valence-electron chi connectivity index (χ3n) is 1.95. The molecule has 1 rings (SSSR count). The van der Waals surface area contributed by atoms with E-state index in [0.717, 1.165) is 5.56 Å². The highest BCUT2D eigenvalue weighted by atomic mass is 16.5. The van der Waals surface area contributed by atoms with Gasteiger partial charge in [0.2, 0.25) is 0 Å². The molecule has 0 aromatic heterocycles. The van der Waals surface area contributed by atoms with Gasteiger partial charge in [-0.05, 0) is 18.1 Å². The van der Waals surface area contributed by atoms with E-state index in [1.54, 1.807) is 6.08 Å². The number of allylic oxidation sites excluding steroid dienone is 1. The number of ether oxygens (including phenoxy) is 1. The van der Waals surface area contributed by atoms with Gasteiger partial charge in [-0.15, -0.1) is 6.58 Å². The van der Waals surface area contributed by atoms with Crippen molar-refractivity contribution in [2.24, 2.45) is 0 Å². The van der Waals surface area contributed by atoms with Crippen molar-refractivity contribution >= 4 is 12.0 Å². The van der Waals surface area contributed by atoms with E-state index in [2.05, 4.69) is 11.3 Å². The van der Waals surface area contributed by atoms with Gasteiger partial charge in [0.15, 0.2) is 0 Å². The van der Waals surface area contributed by atoms with Crippen LogP contribution in [-0.2, 0) is 9.53 Å². The van der Waals surface area contributed by atoms with Crippen molar-refractivity contribution in [2.75, 3.05) is 7.11 Å². The molecule has 0 heterocycles. The Labute approximate surface area is 89.9 Å². The number of carbonyl (C=O) groups excluding carboxylic acids is 1. The smallest absolute Gasteiger partial charge is 0.334 e. The van der Waals surface area contributed by atoms with Crippen LogP contribution in [0.15, 0.2) is 48.6 Å². The van der Waals surface area contributed by atoms with Crippen LogP contribution in [0.4, 0.5) is 0 Å². The molecule has 78 valence electrons. The van der Waals surface area contributed by atoms with Gasteiger partial charge in [-0.1, -0.05) is 36.4 Å². The summed E-state index contributed by atoms with van der Waals surface area (Å²) in [5, 5.41) is 0. The lowest BCUT2D eigenvalue weighted by molar-refractivity contribution is -0.136. The quantitative estimate of drug-likeness (QED) is 0.426. The Kier molecular flexibility index (Phi) is 4.35. The van der Waals surface area contributed by atoms with Crippen molar-refractivity contribution in [1.82, 2.24) is 0 Å². The Bertz CT molecular complexity index is 363. The summed E-state index contributed by atoms with van der Waals surface area (Å²) in [4.78, 5) is 11.4. The predicted octanol–water partition coefficient (Wildman–Crippen LogP) is 2.82. The van der Waals surface area contributed by atoms with E-state index in [4.69, 9.17) is 0 Å². The van der Waals surface area contributed by atoms with Crippen LogP contribution in [0.5, 0.6) is 0 Å². The van der Waals surface area contributed by atoms with Crippen LogP contribution in [-0.4, -0.2) is 13.1 Å². The van der Waals surface area contributed by atoms with Crippen molar-refractivity contribution < 1.29 is 9.53 Å². The molecule has 1 aromatic rings. The molecule has 0 bridgehead atoms. The minimum Gasteiger partial charge on any atom is -0.466 e. The lowest BCUT2D eigenvalue weighted by Crippen LogP contribution is -2.03. The van der Waals surface area contributed by atoms with Gasteiger partial charge in [-0.3, -0.25) is 0 Å². The van der Waals surface area contributed by atoms with Crippen LogP contribution < -0.4 is 0 Å². The van der Waals surface area contributed by atoms with E-state index in [-0.39, 0.29) is 5.97 Å². The molecule has 0 spiro atoms. The van der Waals surface area contributed by atoms with Crippen LogP contribution >= 0.6 is 0 Å². The molecule has 0 radical (unpaired) electrons. The number of rotatable bonds is 4. The first kappa shape index (κ1) is 11.2. The molecule has 2 nitrogen and oxygen atoms in total. The summed E-state index contributed by atoms with van der Waals surface area (Å²) in [5.74, 6) is -0.307. The zero-order valence-electron chi connectivity index (χ0n) is 8.77. The summed E-state index contributed by atoms with van der Waals surface area (Å²) in [7, 11) is 1.38. The van der Waals surface area contributed by atoms with Crippen molar-refractivity contribution in [1.29, 1.82) is 0 Å². The third-order valence-corrected chi connectivity index (χ3v) is 1.95. The first-order valence-corrected chi connectivity index (χ1v) is 4.72. The Morgan fingerprint density at radius 1 is 1.40 bits per heavy atom. The molecule has 0 saturated carbocycles. The lowest BCUT2D eigenvalue weighted by atomic mass is 10.1. The van der Waals surface area contributed by atoms with E-state index in [1.807, 2.05) is 36.4 Å². The number of hydrogen-bond acceptors (Lipinski definition) is 2. The largest absolute Gasteiger partial charge is 0.466 e. The van der Waals surface area contributed by atoms with E-state index in [0.29, 0.717) is 12.0 Å². The normalized spacial score (nSPS) is 10.9. The highest BCUT2D eigenvalue weighted by Crippen LogP contribution is 2.11. The van der Waals surface area contributed by atoms with Crippen LogP contribution in [0.25, 0.3) is 6.08 Å². The topological polar surface area (TPSA) is 26.3 Å². The van der Waals surface area contributed by atoms with Crippen LogP contribution in [0.1, 0.15) is 12.0 Å². The molecule has 0 unspecified atom stereocenters. The summed E-state index contributed by atoms with van der Waals surface area (Å²) in [5.41, 5.74) is 1.60. The number of esters is 1. The number of carbonyl (C=O) groups is 1. The summed E-state index contributed by atoms with van der Waals surface area (Å²) < 4.78 is 4.68. The maximum absolute atomic E-state index is 11.4. The molecule has 0 atom stereocenters. The van der Waals surface area contributed by atoms with Gasteiger partial charge in [-0.2, -0.15) is 0 Å². The van der Waals surface area contributed by atoms with Gasteiger partial charge in [-0.25, -0.2) is 4.79 Å². The second-order valence-corrected chi connectivity index (χ2v) is 3.06. The standard InChI is InChI=1S/C13H14O2/c1-3-7-12(13(14)15-2)10-11-8-5-4-6-9-11/h3-6,8-10H,1,7H2,2H3/b12-10+. The molecule has 0 fully saturated rings. The molecule has 0 amide bonds. The Hall–Kier alpha value is -1.83. The maximum Gasteiger partial charge on any atom is 0.334 e. The summed E-state index contributed by atoms with van der Waals surface area (Å²) in [6.45, 7) is 3.61. The highest BCUT2D eigenvalue weighted by Gasteiger charge is 2.06. The highest BCUT2D eigenvalue weighted by molar-refractivity contribution is 5.93. The van der Waals surface area contributed by atoms with E-state index in [1.165, 1.54) is 7.11 Å². The average molecular weight is 202 g/mol. The minimum absolute atomic E-state index is 0.307. The van der Waals surface area contributed by atoms with Gasteiger partial charge in [0.05, 0.1) is 7.11 Å². The third kappa shape index (κ3) is 3.43. The molecule has 1 aromatic carbocycles. The molecule has 2 heteroatoms. The minimum atomic E-state index is -0.307. The number of benzene rings is 1. The monoisotopic (exact) mass is 202 g/mol. The SMILES string of the molecule is C=CC/C(=C\c1ccccc1)C(=O)OC. The summed E-state index contributed by atoms with van der Waals surface area (Å²) >= 11 is 0. The zero-order chi connectivity index (χ0) is 11.1. The Morgan fingerprint density at radius 3 is 2.60 bits per heavy atom. The van der Waals surface area contributed by atoms with Gasteiger partial charge in [0, 0.05) is 5.57 Å². The lowest BCUT2D eigenvalue weighted by Gasteiger charge is -2.02. The fourth-order valence-electron chi connectivity index (χ4n) is 1.24. The Morgan fingerprint density at radius 2 is 2.07 bits per heavy atom. The van der Waals surface area contributed by atoms with E-state index >= 15 is 0 Å². The van der Waals surface area contributed by atoms with Crippen LogP contribution in [0.3, 0.4) is 0 Å². The van der Waals surface area contributed by atoms with Crippen molar-refractivity contribution in [3.8, 4) is 0 Å². The Balaban J connectivity index is 2.93. The second-order valence-electron chi connectivity index (χ2n) is 3.06. The van der Waals surface area contributed by atoms with E-state index in [9.17, 15) is 4.79 Å². The molecular formula is C13H14O2. The fraction of sp³-hybridized carbons (Fsp3) is 0.154. The molecule has 0 saturated heterocycles. The summed E-state index contributed by atoms with van der Waals surface area (Å²) in [6.07, 6.45) is 4.01. The van der Waals surface area contributed by atoms with Crippen molar-refractivity contribution in [3.63, 3.8) is 0 Å². The fourth-order valence-corrected chi connectivity index (χ4v) is 1.24. The maximum atomic E-state index is 11.4. The molecular weight excluding hydrogens is 188 g/mol. The molecule has 0 N–H and O–H groups in total. The number of methoxy groups -OCH3 is 1. The average Bonchev–Trinajstić information content (AvgIpc) is 2.29. The summed E-state index contributed by atoms with van der Waals surface area (Å²) in [6, 6.07) is 9.66. The first-order chi connectivity index (χ1) is 7.27. The van der Waals surface area contributed by atoms with Crippen molar-refractivity contribution in [3.05, 3.63) is 54.1 Å². The van der Waals surface area contributed by atoms with Gasteiger partial charge >= 0.3 is 5.97 Å². The number of hydrogen-bond donors (Lipinski definition) is 0. The van der Waals surface area contributed by atoms with Gasteiger partial charge < -0.3 is 4.74 Å². The van der Waals surface area contributed by atoms with Crippen molar-refractivity contribution in [2.45, 2.75) is 6.42 Å². The van der Waals surface area contributed by atoms with Crippen LogP contribution in [0.2, 0.25) is 0 Å². The van der Waals surface area contributed by atoms with Gasteiger partial charge in [0.25, 0.3) is 0 Å². The second kappa shape index (κ2) is 5.81. The molecule has 0 aliphatic heterocycles. The first-order valence-electron chi connectivity index (χ1n) is 4.72.